The molecule has 0 aromatic heterocycles. The van der Waals surface area contributed by atoms with E-state index in [1.54, 1.807) is 0 Å². The monoisotopic (exact) mass is 270 g/mol. The highest BCUT2D eigenvalue weighted by Gasteiger charge is 2.37. The molecule has 0 amide bonds. The van der Waals surface area contributed by atoms with Crippen molar-refractivity contribution in [3.8, 4) is 0 Å². The van der Waals surface area contributed by atoms with Crippen LogP contribution < -0.4 is 5.32 Å². The van der Waals surface area contributed by atoms with Crippen LogP contribution in [0.3, 0.4) is 0 Å². The third-order valence-electron chi connectivity index (χ3n) is 5.34. The SMILES string of the molecule is c1ccc(C2CNC(C3CC3)CN2CCC2CC2)cc1. The lowest BCUT2D eigenvalue weighted by molar-refractivity contribution is 0.119. The van der Waals surface area contributed by atoms with E-state index in [4.69, 9.17) is 0 Å². The molecule has 2 nitrogen and oxygen atoms in total. The van der Waals surface area contributed by atoms with Gasteiger partial charge in [0.25, 0.3) is 0 Å². The Hall–Kier alpha value is -0.860. The predicted octanol–water partition coefficient (Wildman–Crippen LogP) is 3.21. The molecule has 3 aliphatic rings. The first-order valence-electron chi connectivity index (χ1n) is 8.42. The van der Waals surface area contributed by atoms with E-state index in [2.05, 4.69) is 40.5 Å². The summed E-state index contributed by atoms with van der Waals surface area (Å²) in [6, 6.07) is 12.4. The Kier molecular flexibility index (Phi) is 3.53. The van der Waals surface area contributed by atoms with Crippen LogP contribution in [0.15, 0.2) is 30.3 Å². The topological polar surface area (TPSA) is 15.3 Å². The number of nitrogens with zero attached hydrogens (tertiary/aromatic N) is 1. The normalized spacial score (nSPS) is 31.4. The first kappa shape index (κ1) is 12.8. The van der Waals surface area contributed by atoms with E-state index in [1.807, 2.05) is 0 Å². The van der Waals surface area contributed by atoms with Gasteiger partial charge in [-0.2, -0.15) is 0 Å². The van der Waals surface area contributed by atoms with Crippen molar-refractivity contribution in [2.24, 2.45) is 11.8 Å². The second kappa shape index (κ2) is 5.50. The Morgan fingerprint density at radius 1 is 1.05 bits per heavy atom. The van der Waals surface area contributed by atoms with Gasteiger partial charge in [0.15, 0.2) is 0 Å². The lowest BCUT2D eigenvalue weighted by atomic mass is 9.99. The highest BCUT2D eigenvalue weighted by atomic mass is 15.2. The quantitative estimate of drug-likeness (QED) is 0.884. The van der Waals surface area contributed by atoms with Crippen molar-refractivity contribution in [2.45, 2.75) is 44.2 Å². The van der Waals surface area contributed by atoms with Gasteiger partial charge in [-0.1, -0.05) is 43.2 Å². The molecular weight excluding hydrogens is 244 g/mol. The molecule has 1 heterocycles. The third kappa shape index (κ3) is 2.91. The molecule has 2 aliphatic carbocycles. The highest BCUT2D eigenvalue weighted by molar-refractivity contribution is 5.20. The molecule has 1 aromatic rings. The summed E-state index contributed by atoms with van der Waals surface area (Å²) >= 11 is 0. The van der Waals surface area contributed by atoms with Crippen LogP contribution in [0.2, 0.25) is 0 Å². The van der Waals surface area contributed by atoms with Crippen molar-refractivity contribution in [2.75, 3.05) is 19.6 Å². The molecule has 3 fully saturated rings. The van der Waals surface area contributed by atoms with Gasteiger partial charge in [-0.3, -0.25) is 4.90 Å². The van der Waals surface area contributed by atoms with Crippen LogP contribution in [0.1, 0.15) is 43.7 Å². The van der Waals surface area contributed by atoms with Crippen LogP contribution in [0.5, 0.6) is 0 Å². The van der Waals surface area contributed by atoms with Crippen molar-refractivity contribution in [1.82, 2.24) is 10.2 Å². The Bertz CT molecular complexity index is 436. The van der Waals surface area contributed by atoms with Crippen LogP contribution >= 0.6 is 0 Å². The average Bonchev–Trinajstić information content (AvgIpc) is 3.40. The fourth-order valence-corrected chi connectivity index (χ4v) is 3.66. The molecule has 2 atom stereocenters. The number of benzene rings is 1. The number of hydrogen-bond acceptors (Lipinski definition) is 2. The maximum absolute atomic E-state index is 3.82. The summed E-state index contributed by atoms with van der Waals surface area (Å²) in [6.07, 6.45) is 7.28. The minimum absolute atomic E-state index is 0.588. The lowest BCUT2D eigenvalue weighted by Crippen LogP contribution is -2.53. The molecule has 1 aromatic carbocycles. The molecule has 2 saturated carbocycles. The largest absolute Gasteiger partial charge is 0.311 e. The van der Waals surface area contributed by atoms with Crippen LogP contribution in [-0.4, -0.2) is 30.6 Å². The van der Waals surface area contributed by atoms with E-state index in [1.165, 1.54) is 50.8 Å². The first-order valence-corrected chi connectivity index (χ1v) is 8.42. The number of piperazine rings is 1. The number of nitrogens with one attached hydrogen (secondary N) is 1. The molecule has 2 heteroatoms. The van der Waals surface area contributed by atoms with E-state index in [-0.39, 0.29) is 0 Å². The fourth-order valence-electron chi connectivity index (χ4n) is 3.66. The van der Waals surface area contributed by atoms with Gasteiger partial charge in [-0.25, -0.2) is 0 Å². The highest BCUT2D eigenvalue weighted by Crippen LogP contribution is 2.38. The zero-order valence-electron chi connectivity index (χ0n) is 12.3. The molecule has 0 bridgehead atoms. The minimum atomic E-state index is 0.588. The summed E-state index contributed by atoms with van der Waals surface area (Å²) in [5, 5.41) is 3.82. The molecule has 0 radical (unpaired) electrons. The van der Waals surface area contributed by atoms with Crippen LogP contribution in [0, 0.1) is 11.8 Å². The van der Waals surface area contributed by atoms with Crippen molar-refractivity contribution in [1.29, 1.82) is 0 Å². The van der Waals surface area contributed by atoms with E-state index in [0.29, 0.717) is 6.04 Å². The van der Waals surface area contributed by atoms with Gasteiger partial charge in [0, 0.05) is 25.2 Å². The maximum Gasteiger partial charge on any atom is 0.0473 e. The summed E-state index contributed by atoms with van der Waals surface area (Å²) in [6.45, 7) is 3.70. The average molecular weight is 270 g/mol. The molecule has 1 saturated heterocycles. The summed E-state index contributed by atoms with van der Waals surface area (Å²) < 4.78 is 0. The summed E-state index contributed by atoms with van der Waals surface area (Å²) in [5.41, 5.74) is 1.49. The molecule has 2 unspecified atom stereocenters. The standard InChI is InChI=1S/C18H26N2/c1-2-4-16(5-3-1)18-12-19-17(15-8-9-15)13-20(18)11-10-14-6-7-14/h1-5,14-15,17-19H,6-13H2. The Morgan fingerprint density at radius 2 is 1.85 bits per heavy atom. The molecule has 4 rings (SSSR count). The summed E-state index contributed by atoms with van der Waals surface area (Å²) in [7, 11) is 0. The zero-order valence-corrected chi connectivity index (χ0v) is 12.3. The van der Waals surface area contributed by atoms with Crippen molar-refractivity contribution >= 4 is 0 Å². The van der Waals surface area contributed by atoms with E-state index in [9.17, 15) is 0 Å². The van der Waals surface area contributed by atoms with E-state index >= 15 is 0 Å². The van der Waals surface area contributed by atoms with Crippen molar-refractivity contribution in [3.05, 3.63) is 35.9 Å². The Labute approximate surface area is 122 Å². The Balaban J connectivity index is 1.46. The summed E-state index contributed by atoms with van der Waals surface area (Å²) in [5.74, 6) is 2.01. The maximum atomic E-state index is 3.82. The van der Waals surface area contributed by atoms with Gasteiger partial charge in [-0.05, 0) is 43.2 Å². The second-order valence-electron chi connectivity index (χ2n) is 7.01. The predicted molar refractivity (Wildman–Crippen MR) is 82.6 cm³/mol. The minimum Gasteiger partial charge on any atom is -0.311 e. The van der Waals surface area contributed by atoms with Crippen LogP contribution in [0.25, 0.3) is 0 Å². The van der Waals surface area contributed by atoms with Gasteiger partial charge >= 0.3 is 0 Å². The zero-order chi connectivity index (χ0) is 13.4. The van der Waals surface area contributed by atoms with Gasteiger partial charge in [-0.15, -0.1) is 0 Å². The smallest absolute Gasteiger partial charge is 0.0473 e. The molecular formula is C18H26N2. The number of hydrogen-bond donors (Lipinski definition) is 1. The molecule has 1 aliphatic heterocycles. The van der Waals surface area contributed by atoms with Crippen LogP contribution in [-0.2, 0) is 0 Å². The first-order chi connectivity index (χ1) is 9.90. The second-order valence-corrected chi connectivity index (χ2v) is 7.01. The fraction of sp³-hybridized carbons (Fsp3) is 0.667. The van der Waals surface area contributed by atoms with Gasteiger partial charge in [0.2, 0.25) is 0 Å². The summed E-state index contributed by atoms with van der Waals surface area (Å²) in [4.78, 5) is 2.77. The van der Waals surface area contributed by atoms with E-state index < -0.39 is 0 Å². The lowest BCUT2D eigenvalue weighted by Gasteiger charge is -2.41. The number of rotatable bonds is 5. The van der Waals surface area contributed by atoms with Gasteiger partial charge in [0.05, 0.1) is 0 Å². The van der Waals surface area contributed by atoms with Crippen LogP contribution in [0.4, 0.5) is 0 Å². The molecule has 1 N–H and O–H groups in total. The molecule has 0 spiro atoms. The molecule has 108 valence electrons. The van der Waals surface area contributed by atoms with Gasteiger partial charge in [0.1, 0.15) is 0 Å². The van der Waals surface area contributed by atoms with Crippen molar-refractivity contribution in [3.63, 3.8) is 0 Å². The molecule has 20 heavy (non-hydrogen) atoms. The Morgan fingerprint density at radius 3 is 2.55 bits per heavy atom. The van der Waals surface area contributed by atoms with Crippen molar-refractivity contribution < 1.29 is 0 Å². The third-order valence-corrected chi connectivity index (χ3v) is 5.34. The van der Waals surface area contributed by atoms with E-state index in [0.717, 1.165) is 24.4 Å². The van der Waals surface area contributed by atoms with Gasteiger partial charge < -0.3 is 5.32 Å².